The molecule has 2 aromatic carbocycles. The summed E-state index contributed by atoms with van der Waals surface area (Å²) in [6, 6.07) is 16.5. The van der Waals surface area contributed by atoms with Crippen molar-refractivity contribution < 1.29 is 19.1 Å². The van der Waals surface area contributed by atoms with Gasteiger partial charge < -0.3 is 20.3 Å². The fourth-order valence-corrected chi connectivity index (χ4v) is 6.02. The number of nitrogens with zero attached hydrogens (tertiary/aromatic N) is 3. The molecular weight excluding hydrogens is 514 g/mol. The number of carbonyl (C=O) groups excluding carboxylic acids is 3. The fourth-order valence-electron chi connectivity index (χ4n) is 5.00. The summed E-state index contributed by atoms with van der Waals surface area (Å²) < 4.78 is 5.96. The maximum Gasteiger partial charge on any atom is 0.331 e. The number of urea groups is 1. The molecule has 0 bridgehead atoms. The van der Waals surface area contributed by atoms with Crippen molar-refractivity contribution in [3.05, 3.63) is 79.0 Å². The second kappa shape index (κ2) is 9.88. The van der Waals surface area contributed by atoms with E-state index in [9.17, 15) is 14.4 Å². The maximum absolute atomic E-state index is 13.5. The first-order valence-electron chi connectivity index (χ1n) is 12.5. The Hall–Kier alpha value is -4.70. The largest absolute Gasteiger partial charge is 0.457 e. The van der Waals surface area contributed by atoms with Crippen LogP contribution in [0.3, 0.4) is 0 Å². The van der Waals surface area contributed by atoms with Crippen LogP contribution in [-0.2, 0) is 9.59 Å². The predicted octanol–water partition coefficient (Wildman–Crippen LogP) is 6.05. The normalized spacial score (nSPS) is 16.2. The number of aryl methyl sites for hydroxylation is 1. The number of likely N-dealkylation sites (tertiary alicyclic amines) is 1. The molecule has 2 aromatic heterocycles. The molecule has 0 unspecified atom stereocenters. The average molecular weight is 540 g/mol. The molecule has 0 spiro atoms. The van der Waals surface area contributed by atoms with E-state index in [1.165, 1.54) is 17.4 Å². The number of ether oxygens (including phenoxy) is 1. The fraction of sp³-hybridized carbons (Fsp3) is 0.172. The molecule has 1 atom stereocenters. The van der Waals surface area contributed by atoms with E-state index < -0.39 is 0 Å². The van der Waals surface area contributed by atoms with Gasteiger partial charge in [0.25, 0.3) is 0 Å². The molecule has 10 heteroatoms. The third kappa shape index (κ3) is 4.48. The number of para-hydroxylation sites is 1. The Kier molecular flexibility index (Phi) is 6.24. The molecule has 0 radical (unpaired) electrons. The van der Waals surface area contributed by atoms with Gasteiger partial charge in [-0.15, -0.1) is 0 Å². The minimum atomic E-state index is -0.340. The van der Waals surface area contributed by atoms with Crippen LogP contribution in [0.15, 0.2) is 73.4 Å². The molecule has 0 aliphatic carbocycles. The van der Waals surface area contributed by atoms with Crippen LogP contribution in [-0.4, -0.2) is 40.8 Å². The Bertz CT molecular complexity index is 1630. The summed E-state index contributed by atoms with van der Waals surface area (Å²) >= 11 is 1.31. The predicted molar refractivity (Wildman–Crippen MR) is 152 cm³/mol. The highest BCUT2D eigenvalue weighted by Crippen LogP contribution is 2.49. The summed E-state index contributed by atoms with van der Waals surface area (Å²) in [5.74, 6) is 0.681. The van der Waals surface area contributed by atoms with Gasteiger partial charge in [0.15, 0.2) is 0 Å². The van der Waals surface area contributed by atoms with Crippen LogP contribution < -0.4 is 20.3 Å². The number of carbonyl (C=O) groups is 3. The molecule has 1 fully saturated rings. The van der Waals surface area contributed by atoms with E-state index in [0.29, 0.717) is 52.2 Å². The minimum absolute atomic E-state index is 0.182. The molecule has 4 aromatic rings. The Balaban J connectivity index is 1.29. The lowest BCUT2D eigenvalue weighted by atomic mass is 10.1. The Morgan fingerprint density at radius 3 is 2.74 bits per heavy atom. The van der Waals surface area contributed by atoms with Crippen molar-refractivity contribution in [3.8, 4) is 11.5 Å². The van der Waals surface area contributed by atoms with E-state index in [2.05, 4.69) is 22.2 Å². The average Bonchev–Trinajstić information content (AvgIpc) is 3.56. The van der Waals surface area contributed by atoms with Gasteiger partial charge in [-0.1, -0.05) is 36.1 Å². The molecule has 196 valence electrons. The molecule has 2 aliphatic heterocycles. The lowest BCUT2D eigenvalue weighted by Crippen LogP contribution is -2.34. The number of nitrogens with one attached hydrogen (secondary N) is 2. The summed E-state index contributed by atoms with van der Waals surface area (Å²) in [6.07, 6.45) is 3.49. The molecular formula is C29H25N5O4S. The van der Waals surface area contributed by atoms with Crippen molar-refractivity contribution in [3.63, 3.8) is 0 Å². The third-order valence-corrected chi connectivity index (χ3v) is 7.93. The Morgan fingerprint density at radius 2 is 1.97 bits per heavy atom. The summed E-state index contributed by atoms with van der Waals surface area (Å²) in [7, 11) is 0. The first-order valence-corrected chi connectivity index (χ1v) is 13.3. The Labute approximate surface area is 228 Å². The molecule has 39 heavy (non-hydrogen) atoms. The standard InChI is InChI=1S/C29H25N5O4S/c1-3-23(35)33-14-12-18(16-33)26(36)32-28-25-24-22(11-13-30-27(24)39-28)34(29(37)31-25)21-10-9-20(15-17(21)2)38-19-7-5-4-6-8-19/h3-11,13,15,18H,1,12,14,16H2,2H3,(H,31,37)(H,32,36)/t18-/m0/s1. The number of hydrogen-bond donors (Lipinski definition) is 2. The van der Waals surface area contributed by atoms with Gasteiger partial charge in [0, 0.05) is 19.3 Å². The van der Waals surface area contributed by atoms with Crippen LogP contribution in [0.1, 0.15) is 12.0 Å². The van der Waals surface area contributed by atoms with E-state index in [1.54, 1.807) is 22.1 Å². The van der Waals surface area contributed by atoms with Crippen LogP contribution in [0.25, 0.3) is 10.2 Å². The third-order valence-electron chi connectivity index (χ3n) is 6.92. The smallest absolute Gasteiger partial charge is 0.331 e. The minimum Gasteiger partial charge on any atom is -0.457 e. The van der Waals surface area contributed by atoms with E-state index in [4.69, 9.17) is 4.74 Å². The van der Waals surface area contributed by atoms with Gasteiger partial charge in [-0.05, 0) is 61.4 Å². The van der Waals surface area contributed by atoms with Crippen molar-refractivity contribution in [1.29, 1.82) is 0 Å². The Morgan fingerprint density at radius 1 is 1.15 bits per heavy atom. The van der Waals surface area contributed by atoms with E-state index in [-0.39, 0.29) is 23.8 Å². The van der Waals surface area contributed by atoms with Gasteiger partial charge in [-0.3, -0.25) is 14.5 Å². The van der Waals surface area contributed by atoms with Gasteiger partial charge in [-0.25, -0.2) is 9.78 Å². The second-order valence-corrected chi connectivity index (χ2v) is 10.4. The highest BCUT2D eigenvalue weighted by molar-refractivity contribution is 7.23. The van der Waals surface area contributed by atoms with Crippen molar-refractivity contribution in [2.75, 3.05) is 28.6 Å². The van der Waals surface area contributed by atoms with Gasteiger partial charge in [-0.2, -0.15) is 0 Å². The first-order chi connectivity index (χ1) is 18.9. The van der Waals surface area contributed by atoms with Crippen molar-refractivity contribution >= 4 is 61.5 Å². The van der Waals surface area contributed by atoms with Crippen LogP contribution in [0.5, 0.6) is 11.5 Å². The number of aromatic nitrogens is 1. The summed E-state index contributed by atoms with van der Waals surface area (Å²) in [5, 5.41) is 7.23. The number of hydrogen-bond acceptors (Lipinski definition) is 6. The lowest BCUT2D eigenvalue weighted by Gasteiger charge is -2.29. The van der Waals surface area contributed by atoms with Crippen LogP contribution in [0.2, 0.25) is 0 Å². The van der Waals surface area contributed by atoms with Crippen molar-refractivity contribution in [2.24, 2.45) is 5.92 Å². The number of thiophene rings is 1. The van der Waals surface area contributed by atoms with E-state index in [0.717, 1.165) is 16.7 Å². The SMILES string of the molecule is C=CC(=O)N1CC[C@H](C(=O)Nc2sc3nccc4c3c2NC(=O)N4c2ccc(Oc3ccccc3)cc2C)C1. The zero-order chi connectivity index (χ0) is 27.1. The molecule has 4 heterocycles. The zero-order valence-corrected chi connectivity index (χ0v) is 22.0. The number of benzene rings is 2. The number of pyridine rings is 1. The number of rotatable bonds is 6. The van der Waals surface area contributed by atoms with E-state index >= 15 is 0 Å². The first kappa shape index (κ1) is 24.6. The molecule has 1 saturated heterocycles. The lowest BCUT2D eigenvalue weighted by molar-refractivity contribution is -0.125. The molecule has 6 rings (SSSR count). The summed E-state index contributed by atoms with van der Waals surface area (Å²) in [4.78, 5) is 46.9. The molecule has 2 aliphatic rings. The van der Waals surface area contributed by atoms with Crippen LogP contribution >= 0.6 is 11.3 Å². The topological polar surface area (TPSA) is 104 Å². The van der Waals surface area contributed by atoms with Gasteiger partial charge >= 0.3 is 6.03 Å². The number of amides is 4. The van der Waals surface area contributed by atoms with Gasteiger partial charge in [0.2, 0.25) is 11.8 Å². The van der Waals surface area contributed by atoms with Gasteiger partial charge in [0.1, 0.15) is 21.3 Å². The van der Waals surface area contributed by atoms with Crippen molar-refractivity contribution in [1.82, 2.24) is 9.88 Å². The van der Waals surface area contributed by atoms with Crippen LogP contribution in [0.4, 0.5) is 26.9 Å². The molecule has 2 N–H and O–H groups in total. The highest BCUT2D eigenvalue weighted by Gasteiger charge is 2.34. The molecule has 0 saturated carbocycles. The summed E-state index contributed by atoms with van der Waals surface area (Å²) in [5.41, 5.74) is 2.78. The van der Waals surface area contributed by atoms with Gasteiger partial charge in [0.05, 0.1) is 28.4 Å². The van der Waals surface area contributed by atoms with Crippen LogP contribution in [0, 0.1) is 12.8 Å². The summed E-state index contributed by atoms with van der Waals surface area (Å²) in [6.45, 7) is 6.29. The highest BCUT2D eigenvalue weighted by atomic mass is 32.1. The monoisotopic (exact) mass is 539 g/mol. The van der Waals surface area contributed by atoms with E-state index in [1.807, 2.05) is 55.5 Å². The zero-order valence-electron chi connectivity index (χ0n) is 21.1. The number of anilines is 4. The molecule has 9 nitrogen and oxygen atoms in total. The van der Waals surface area contributed by atoms with Crippen molar-refractivity contribution in [2.45, 2.75) is 13.3 Å². The maximum atomic E-state index is 13.5. The molecule has 4 amide bonds. The quantitative estimate of drug-likeness (QED) is 0.290. The second-order valence-electron chi connectivity index (χ2n) is 9.41.